The van der Waals surface area contributed by atoms with Crippen LogP contribution in [-0.4, -0.2) is 5.11 Å². The molecular formula is C15H15ClFNO. The van der Waals surface area contributed by atoms with E-state index < -0.39 is 0 Å². The van der Waals surface area contributed by atoms with Crippen molar-refractivity contribution in [2.24, 2.45) is 0 Å². The highest BCUT2D eigenvalue weighted by atomic mass is 35.5. The van der Waals surface area contributed by atoms with E-state index in [1.807, 2.05) is 19.1 Å². The van der Waals surface area contributed by atoms with Crippen molar-refractivity contribution in [3.63, 3.8) is 0 Å². The molecule has 0 aliphatic rings. The average molecular weight is 280 g/mol. The summed E-state index contributed by atoms with van der Waals surface area (Å²) in [6.07, 6.45) is 0. The van der Waals surface area contributed by atoms with E-state index in [2.05, 4.69) is 5.32 Å². The lowest BCUT2D eigenvalue weighted by Gasteiger charge is -2.16. The van der Waals surface area contributed by atoms with Crippen LogP contribution in [0.1, 0.15) is 24.1 Å². The third-order valence-electron chi connectivity index (χ3n) is 3.02. The van der Waals surface area contributed by atoms with Gasteiger partial charge in [0.05, 0.1) is 0 Å². The summed E-state index contributed by atoms with van der Waals surface area (Å²) in [6.45, 7) is 2.46. The van der Waals surface area contributed by atoms with Crippen LogP contribution in [0, 0.1) is 5.82 Å². The van der Waals surface area contributed by atoms with E-state index >= 15 is 0 Å². The fourth-order valence-electron chi connectivity index (χ4n) is 1.89. The summed E-state index contributed by atoms with van der Waals surface area (Å²) in [6, 6.07) is 11.5. The Balaban J connectivity index is 2.05. The van der Waals surface area contributed by atoms with E-state index in [4.69, 9.17) is 11.6 Å². The first kappa shape index (κ1) is 13.8. The molecule has 2 aromatic rings. The minimum absolute atomic E-state index is 0.0345. The number of nitrogens with one attached hydrogen (secondary N) is 1. The maximum Gasteiger partial charge on any atom is 0.124 e. The van der Waals surface area contributed by atoms with Gasteiger partial charge in [0.1, 0.15) is 11.6 Å². The Kier molecular flexibility index (Phi) is 4.40. The van der Waals surface area contributed by atoms with Gasteiger partial charge in [-0.2, -0.15) is 0 Å². The third kappa shape index (κ3) is 3.46. The predicted molar refractivity (Wildman–Crippen MR) is 74.8 cm³/mol. The number of rotatable bonds is 4. The van der Waals surface area contributed by atoms with Gasteiger partial charge in [0.2, 0.25) is 0 Å². The molecule has 0 saturated heterocycles. The summed E-state index contributed by atoms with van der Waals surface area (Å²) in [5.41, 5.74) is 1.64. The van der Waals surface area contributed by atoms with Crippen LogP contribution in [0.25, 0.3) is 0 Å². The molecule has 0 aromatic heterocycles. The molecule has 0 heterocycles. The van der Waals surface area contributed by atoms with Crippen LogP contribution in [-0.2, 0) is 6.54 Å². The van der Waals surface area contributed by atoms with Crippen LogP contribution in [0.4, 0.5) is 4.39 Å². The summed E-state index contributed by atoms with van der Waals surface area (Å²) in [7, 11) is 0. The van der Waals surface area contributed by atoms with Crippen molar-refractivity contribution >= 4 is 11.6 Å². The molecule has 1 unspecified atom stereocenters. The second-order valence-electron chi connectivity index (χ2n) is 4.40. The zero-order valence-electron chi connectivity index (χ0n) is 10.5. The van der Waals surface area contributed by atoms with Gasteiger partial charge in [-0.3, -0.25) is 0 Å². The normalized spacial score (nSPS) is 12.4. The molecule has 0 spiro atoms. The lowest BCUT2D eigenvalue weighted by Crippen LogP contribution is -2.18. The number of benzene rings is 2. The fraction of sp³-hybridized carbons (Fsp3) is 0.200. The van der Waals surface area contributed by atoms with Crippen LogP contribution < -0.4 is 5.32 Å². The topological polar surface area (TPSA) is 32.3 Å². The lowest BCUT2D eigenvalue weighted by atomic mass is 10.1. The highest BCUT2D eigenvalue weighted by Crippen LogP contribution is 2.24. The Bertz CT molecular complexity index is 574. The van der Waals surface area contributed by atoms with E-state index in [0.29, 0.717) is 11.6 Å². The summed E-state index contributed by atoms with van der Waals surface area (Å²) in [5, 5.41) is 13.3. The maximum absolute atomic E-state index is 13.0. The van der Waals surface area contributed by atoms with Gasteiger partial charge >= 0.3 is 0 Å². The molecule has 0 amide bonds. The Morgan fingerprint density at radius 3 is 2.68 bits per heavy atom. The van der Waals surface area contributed by atoms with Crippen molar-refractivity contribution < 1.29 is 9.50 Å². The van der Waals surface area contributed by atoms with Gasteiger partial charge in [0.15, 0.2) is 0 Å². The van der Waals surface area contributed by atoms with Gasteiger partial charge < -0.3 is 10.4 Å². The molecule has 2 N–H and O–H groups in total. The second-order valence-corrected chi connectivity index (χ2v) is 4.80. The minimum atomic E-state index is -0.346. The van der Waals surface area contributed by atoms with Gasteiger partial charge in [0.25, 0.3) is 0 Å². The van der Waals surface area contributed by atoms with Crippen molar-refractivity contribution in [2.45, 2.75) is 19.5 Å². The number of halogens is 2. The molecule has 4 heteroatoms. The van der Waals surface area contributed by atoms with E-state index in [-0.39, 0.29) is 17.6 Å². The molecule has 0 aliphatic carbocycles. The monoisotopic (exact) mass is 279 g/mol. The van der Waals surface area contributed by atoms with E-state index in [1.54, 1.807) is 18.2 Å². The molecule has 1 atom stereocenters. The van der Waals surface area contributed by atoms with Crippen LogP contribution in [0.2, 0.25) is 5.02 Å². The van der Waals surface area contributed by atoms with Crippen molar-refractivity contribution in [1.29, 1.82) is 0 Å². The molecule has 19 heavy (non-hydrogen) atoms. The van der Waals surface area contributed by atoms with Crippen LogP contribution in [0.3, 0.4) is 0 Å². The molecule has 2 aromatic carbocycles. The Morgan fingerprint density at radius 1 is 1.26 bits per heavy atom. The highest BCUT2D eigenvalue weighted by Gasteiger charge is 2.10. The number of hydrogen-bond donors (Lipinski definition) is 2. The first-order valence-corrected chi connectivity index (χ1v) is 6.41. The number of hydrogen-bond acceptors (Lipinski definition) is 2. The summed E-state index contributed by atoms with van der Waals surface area (Å²) >= 11 is 6.01. The largest absolute Gasteiger partial charge is 0.508 e. The average Bonchev–Trinajstić information content (AvgIpc) is 2.37. The predicted octanol–water partition coefficient (Wildman–Crippen LogP) is 4.04. The lowest BCUT2D eigenvalue weighted by molar-refractivity contribution is 0.460. The third-order valence-corrected chi connectivity index (χ3v) is 3.35. The van der Waals surface area contributed by atoms with Gasteiger partial charge in [-0.25, -0.2) is 4.39 Å². The summed E-state index contributed by atoms with van der Waals surface area (Å²) in [5.74, 6) is -0.0888. The number of para-hydroxylation sites is 1. The fourth-order valence-corrected chi connectivity index (χ4v) is 2.22. The van der Waals surface area contributed by atoms with Crippen LogP contribution >= 0.6 is 11.6 Å². The van der Waals surface area contributed by atoms with Crippen molar-refractivity contribution in [1.82, 2.24) is 5.32 Å². The van der Waals surface area contributed by atoms with E-state index in [1.165, 1.54) is 12.1 Å². The van der Waals surface area contributed by atoms with E-state index in [0.717, 1.165) is 11.1 Å². The molecule has 2 rings (SSSR count). The summed E-state index contributed by atoms with van der Waals surface area (Å²) in [4.78, 5) is 0. The maximum atomic E-state index is 13.0. The van der Waals surface area contributed by atoms with Crippen molar-refractivity contribution in [2.75, 3.05) is 0 Å². The van der Waals surface area contributed by atoms with Crippen molar-refractivity contribution in [3.05, 3.63) is 64.4 Å². The molecule has 0 fully saturated rings. The highest BCUT2D eigenvalue weighted by molar-refractivity contribution is 6.31. The second kappa shape index (κ2) is 6.04. The Labute approximate surface area is 116 Å². The summed E-state index contributed by atoms with van der Waals surface area (Å²) < 4.78 is 13.0. The number of aromatic hydroxyl groups is 1. The quantitative estimate of drug-likeness (QED) is 0.885. The molecule has 0 saturated carbocycles. The van der Waals surface area contributed by atoms with E-state index in [9.17, 15) is 9.50 Å². The first-order chi connectivity index (χ1) is 9.08. The first-order valence-electron chi connectivity index (χ1n) is 6.03. The molecular weight excluding hydrogens is 265 g/mol. The molecule has 100 valence electrons. The van der Waals surface area contributed by atoms with Gasteiger partial charge in [-0.1, -0.05) is 35.9 Å². The van der Waals surface area contributed by atoms with Crippen molar-refractivity contribution in [3.8, 4) is 5.75 Å². The van der Waals surface area contributed by atoms with Crippen LogP contribution in [0.5, 0.6) is 5.75 Å². The Morgan fingerprint density at radius 2 is 2.00 bits per heavy atom. The number of phenolic OH excluding ortho intramolecular Hbond substituents is 1. The Hall–Kier alpha value is -1.58. The SMILES string of the molecule is CC(NCc1ccccc1O)c1ccc(F)cc1Cl. The van der Waals surface area contributed by atoms with Gasteiger partial charge in [-0.05, 0) is 30.7 Å². The minimum Gasteiger partial charge on any atom is -0.508 e. The van der Waals surface area contributed by atoms with Crippen LogP contribution in [0.15, 0.2) is 42.5 Å². The van der Waals surface area contributed by atoms with Gasteiger partial charge in [0, 0.05) is 23.2 Å². The zero-order valence-corrected chi connectivity index (χ0v) is 11.3. The molecule has 2 nitrogen and oxygen atoms in total. The standard InChI is InChI=1S/C15H15ClFNO/c1-10(13-7-6-12(17)8-14(13)16)18-9-11-4-2-3-5-15(11)19/h2-8,10,18-19H,9H2,1H3. The molecule has 0 bridgehead atoms. The smallest absolute Gasteiger partial charge is 0.124 e. The zero-order chi connectivity index (χ0) is 13.8. The van der Waals surface area contributed by atoms with Gasteiger partial charge in [-0.15, -0.1) is 0 Å². The number of phenols is 1. The molecule has 0 aliphatic heterocycles. The molecule has 0 radical (unpaired) electrons.